The summed E-state index contributed by atoms with van der Waals surface area (Å²) in [5.41, 5.74) is 0.896. The molecular weight excluding hydrogens is 220 g/mol. The molecule has 0 rings (SSSR count). The molecule has 0 aliphatic heterocycles. The van der Waals surface area contributed by atoms with Gasteiger partial charge in [-0.15, -0.1) is 0 Å². The Hall–Kier alpha value is -0.903. The molecule has 0 amide bonds. The van der Waals surface area contributed by atoms with E-state index in [9.17, 15) is 0 Å². The van der Waals surface area contributed by atoms with Gasteiger partial charge in [-0.2, -0.15) is 0 Å². The number of allylic oxidation sites excluding steroid dienone is 1. The van der Waals surface area contributed by atoms with Crippen LogP contribution in [-0.2, 0) is 13.9 Å². The summed E-state index contributed by atoms with van der Waals surface area (Å²) in [4.78, 5) is 0. The average Bonchev–Trinajstić information content (AvgIpc) is 2.13. The van der Waals surface area contributed by atoms with Crippen molar-refractivity contribution in [2.75, 3.05) is 14.2 Å². The van der Waals surface area contributed by atoms with Gasteiger partial charge in [0.05, 0.1) is 19.8 Å². The van der Waals surface area contributed by atoms with Crippen LogP contribution in [-0.4, -0.2) is 22.5 Å². The van der Waals surface area contributed by atoms with E-state index >= 15 is 0 Å². The fourth-order valence-electron chi connectivity index (χ4n) is 1.27. The fraction of sp³-hybridized carbons (Fsp3) is 0.667. The van der Waals surface area contributed by atoms with E-state index in [1.165, 1.54) is 0 Å². The highest BCUT2D eigenvalue weighted by atomic mass is 28.4. The van der Waals surface area contributed by atoms with E-state index in [-0.39, 0.29) is 5.92 Å². The molecule has 0 spiro atoms. The average molecular weight is 244 g/mol. The van der Waals surface area contributed by atoms with Crippen LogP contribution in [0, 0.1) is 5.92 Å². The maximum absolute atomic E-state index is 5.89. The zero-order chi connectivity index (χ0) is 12.9. The highest BCUT2D eigenvalue weighted by molar-refractivity contribution is 6.70. The Kier molecular flexibility index (Phi) is 5.65. The molecule has 0 unspecified atom stereocenters. The lowest BCUT2D eigenvalue weighted by Gasteiger charge is -2.24. The van der Waals surface area contributed by atoms with Crippen LogP contribution in [0.25, 0.3) is 0 Å². The van der Waals surface area contributed by atoms with E-state index < -0.39 is 8.32 Å². The first kappa shape index (κ1) is 15.1. The highest BCUT2D eigenvalue weighted by Crippen LogP contribution is 2.26. The smallest absolute Gasteiger partial charge is 0.272 e. The van der Waals surface area contributed by atoms with Gasteiger partial charge >= 0.3 is 0 Å². The van der Waals surface area contributed by atoms with Crippen molar-refractivity contribution in [3.8, 4) is 0 Å². The molecule has 0 heterocycles. The lowest BCUT2D eigenvalue weighted by Crippen LogP contribution is -2.27. The molecule has 0 atom stereocenters. The van der Waals surface area contributed by atoms with E-state index in [2.05, 4.69) is 40.1 Å². The monoisotopic (exact) mass is 244 g/mol. The van der Waals surface area contributed by atoms with Crippen LogP contribution >= 0.6 is 0 Å². The van der Waals surface area contributed by atoms with Gasteiger partial charge in [0.2, 0.25) is 8.32 Å². The molecule has 16 heavy (non-hydrogen) atoms. The second-order valence-electron chi connectivity index (χ2n) is 4.90. The van der Waals surface area contributed by atoms with Crippen molar-refractivity contribution in [3.05, 3.63) is 23.9 Å². The molecule has 0 saturated carbocycles. The zero-order valence-corrected chi connectivity index (χ0v) is 12.5. The van der Waals surface area contributed by atoms with Gasteiger partial charge in [0.1, 0.15) is 5.76 Å². The van der Waals surface area contributed by atoms with E-state index in [1.54, 1.807) is 14.2 Å². The molecule has 0 radical (unpaired) electrons. The summed E-state index contributed by atoms with van der Waals surface area (Å²) in [7, 11) is 1.53. The molecule has 3 nitrogen and oxygen atoms in total. The Morgan fingerprint density at radius 2 is 1.56 bits per heavy atom. The van der Waals surface area contributed by atoms with Gasteiger partial charge in [-0.3, -0.25) is 0 Å². The Labute approximate surface area is 100 Å². The summed E-state index contributed by atoms with van der Waals surface area (Å²) < 4.78 is 16.4. The molecule has 94 valence electrons. The predicted octanol–water partition coefficient (Wildman–Crippen LogP) is 3.51. The van der Waals surface area contributed by atoms with Crippen LogP contribution in [0.3, 0.4) is 0 Å². The third-order valence-electron chi connectivity index (χ3n) is 1.93. The van der Waals surface area contributed by atoms with Gasteiger partial charge in [0.25, 0.3) is 5.95 Å². The maximum Gasteiger partial charge on any atom is 0.272 e. The standard InChI is InChI=1S/C12H24O3Si/c1-9(2)11(10(3)13-4)12(14-5)15-16(6,7)8/h9H,3H2,1-2,4-8H3/b12-11-. The lowest BCUT2D eigenvalue weighted by molar-refractivity contribution is 0.135. The Bertz CT molecular complexity index is 274. The summed E-state index contributed by atoms with van der Waals surface area (Å²) in [6, 6.07) is 0. The van der Waals surface area contributed by atoms with Crippen LogP contribution in [0.5, 0.6) is 0 Å². The first-order chi connectivity index (χ1) is 7.22. The van der Waals surface area contributed by atoms with Crippen molar-refractivity contribution >= 4 is 8.32 Å². The van der Waals surface area contributed by atoms with E-state index in [1.807, 2.05) is 0 Å². The second-order valence-corrected chi connectivity index (χ2v) is 9.33. The van der Waals surface area contributed by atoms with Crippen molar-refractivity contribution < 1.29 is 13.9 Å². The quantitative estimate of drug-likeness (QED) is 0.406. The lowest BCUT2D eigenvalue weighted by atomic mass is 10.0. The zero-order valence-electron chi connectivity index (χ0n) is 11.5. The molecule has 0 bridgehead atoms. The topological polar surface area (TPSA) is 27.7 Å². The maximum atomic E-state index is 5.89. The molecule has 0 N–H and O–H groups in total. The Morgan fingerprint density at radius 1 is 1.06 bits per heavy atom. The fourth-order valence-corrected chi connectivity index (χ4v) is 2.02. The van der Waals surface area contributed by atoms with Gasteiger partial charge in [-0.1, -0.05) is 20.4 Å². The summed E-state index contributed by atoms with van der Waals surface area (Å²) in [5, 5.41) is 0. The summed E-state index contributed by atoms with van der Waals surface area (Å²) in [6.07, 6.45) is 0. The largest absolute Gasteiger partial charge is 0.519 e. The summed E-state index contributed by atoms with van der Waals surface area (Å²) >= 11 is 0. The van der Waals surface area contributed by atoms with E-state index in [4.69, 9.17) is 13.9 Å². The van der Waals surface area contributed by atoms with Gasteiger partial charge in [0, 0.05) is 0 Å². The molecule has 4 heteroatoms. The number of hydrogen-bond donors (Lipinski definition) is 0. The first-order valence-electron chi connectivity index (χ1n) is 5.43. The molecule has 0 saturated heterocycles. The molecule has 0 aromatic heterocycles. The predicted molar refractivity (Wildman–Crippen MR) is 69.5 cm³/mol. The van der Waals surface area contributed by atoms with Crippen LogP contribution in [0.4, 0.5) is 0 Å². The van der Waals surface area contributed by atoms with Crippen molar-refractivity contribution in [1.29, 1.82) is 0 Å². The third kappa shape index (κ3) is 4.75. The highest BCUT2D eigenvalue weighted by Gasteiger charge is 2.24. The second kappa shape index (κ2) is 5.99. The SMILES string of the molecule is C=C(OC)/C(=C(/OC)O[Si](C)(C)C)C(C)C. The number of rotatable bonds is 6. The molecule has 0 aliphatic carbocycles. The Morgan fingerprint density at radius 3 is 1.81 bits per heavy atom. The van der Waals surface area contributed by atoms with Gasteiger partial charge in [-0.05, 0) is 25.6 Å². The first-order valence-corrected chi connectivity index (χ1v) is 8.84. The van der Waals surface area contributed by atoms with Crippen molar-refractivity contribution in [3.63, 3.8) is 0 Å². The van der Waals surface area contributed by atoms with Crippen LogP contribution in [0.1, 0.15) is 13.8 Å². The van der Waals surface area contributed by atoms with Crippen molar-refractivity contribution in [2.24, 2.45) is 5.92 Å². The number of ether oxygens (including phenoxy) is 2. The van der Waals surface area contributed by atoms with Crippen LogP contribution < -0.4 is 0 Å². The molecular formula is C12H24O3Si. The molecule has 0 aromatic rings. The van der Waals surface area contributed by atoms with E-state index in [0.29, 0.717) is 11.7 Å². The number of hydrogen-bond acceptors (Lipinski definition) is 3. The molecule has 0 aromatic carbocycles. The minimum atomic E-state index is -1.69. The van der Waals surface area contributed by atoms with Crippen molar-refractivity contribution in [2.45, 2.75) is 33.5 Å². The molecule has 0 fully saturated rings. The number of methoxy groups -OCH3 is 2. The van der Waals surface area contributed by atoms with E-state index in [0.717, 1.165) is 5.57 Å². The van der Waals surface area contributed by atoms with Crippen LogP contribution in [0.15, 0.2) is 23.9 Å². The van der Waals surface area contributed by atoms with Gasteiger partial charge in [0.15, 0.2) is 0 Å². The van der Waals surface area contributed by atoms with Crippen molar-refractivity contribution in [1.82, 2.24) is 0 Å². The van der Waals surface area contributed by atoms with Gasteiger partial charge < -0.3 is 13.9 Å². The summed E-state index contributed by atoms with van der Waals surface area (Å²) in [6.45, 7) is 14.3. The van der Waals surface area contributed by atoms with Gasteiger partial charge in [-0.25, -0.2) is 0 Å². The van der Waals surface area contributed by atoms with Crippen LogP contribution in [0.2, 0.25) is 19.6 Å². The minimum absolute atomic E-state index is 0.249. The third-order valence-corrected chi connectivity index (χ3v) is 2.73. The minimum Gasteiger partial charge on any atom is -0.519 e. The molecule has 0 aliphatic rings. The normalized spacial score (nSPS) is 13.2. The summed E-state index contributed by atoms with van der Waals surface area (Å²) in [5.74, 6) is 1.39. The Balaban J connectivity index is 5.25.